The minimum absolute atomic E-state index is 0.177. The number of halogens is 1. The number of hydrogen-bond acceptors (Lipinski definition) is 3. The summed E-state index contributed by atoms with van der Waals surface area (Å²) in [5, 5.41) is 0. The van der Waals surface area contributed by atoms with Crippen molar-refractivity contribution in [1.29, 1.82) is 0 Å². The Morgan fingerprint density at radius 2 is 1.74 bits per heavy atom. The van der Waals surface area contributed by atoms with E-state index in [9.17, 15) is 18.8 Å². The molecule has 0 unspecified atom stereocenters. The molecule has 2 aromatic carbocycles. The van der Waals surface area contributed by atoms with Crippen molar-refractivity contribution in [3.05, 3.63) is 104 Å². The van der Waals surface area contributed by atoms with Gasteiger partial charge in [0.15, 0.2) is 0 Å². The van der Waals surface area contributed by atoms with Gasteiger partial charge in [-0.3, -0.25) is 14.2 Å². The lowest BCUT2D eigenvalue weighted by molar-refractivity contribution is 0.0782. The largest absolute Gasteiger partial charge is 0.337 e. The topological polar surface area (TPSA) is 75.2 Å². The maximum Gasteiger partial charge on any atom is 0.328 e. The van der Waals surface area contributed by atoms with E-state index in [0.717, 1.165) is 16.3 Å². The fraction of sp³-hybridized carbons (Fsp3) is 0.150. The third-order valence-corrected chi connectivity index (χ3v) is 4.19. The second-order valence-corrected chi connectivity index (χ2v) is 6.14. The number of H-pyrrole nitrogens is 1. The third-order valence-electron chi connectivity index (χ3n) is 4.19. The molecule has 1 heterocycles. The van der Waals surface area contributed by atoms with Crippen LogP contribution in [0.2, 0.25) is 0 Å². The minimum atomic E-state index is -0.757. The number of rotatable bonds is 5. The van der Waals surface area contributed by atoms with E-state index in [1.54, 1.807) is 13.1 Å². The fourth-order valence-corrected chi connectivity index (χ4v) is 2.74. The van der Waals surface area contributed by atoms with E-state index in [4.69, 9.17) is 0 Å². The van der Waals surface area contributed by atoms with Crippen LogP contribution in [0.3, 0.4) is 0 Å². The second-order valence-electron chi connectivity index (χ2n) is 6.14. The average Bonchev–Trinajstić information content (AvgIpc) is 2.67. The lowest BCUT2D eigenvalue weighted by Crippen LogP contribution is -2.41. The lowest BCUT2D eigenvalue weighted by Gasteiger charge is -2.17. The van der Waals surface area contributed by atoms with Gasteiger partial charge in [-0.15, -0.1) is 0 Å². The molecule has 0 aliphatic rings. The van der Waals surface area contributed by atoms with E-state index in [2.05, 4.69) is 4.98 Å². The van der Waals surface area contributed by atoms with Gasteiger partial charge in [0.1, 0.15) is 11.4 Å². The molecule has 0 spiro atoms. The Bertz CT molecular complexity index is 1070. The van der Waals surface area contributed by atoms with E-state index in [1.807, 2.05) is 30.3 Å². The number of aromatic amines is 1. The molecule has 0 saturated heterocycles. The molecule has 138 valence electrons. The maximum atomic E-state index is 13.9. The zero-order valence-electron chi connectivity index (χ0n) is 14.7. The minimum Gasteiger partial charge on any atom is -0.337 e. The molecule has 0 radical (unpaired) electrons. The number of benzene rings is 2. The van der Waals surface area contributed by atoms with Crippen LogP contribution in [0.1, 0.15) is 21.5 Å². The first-order chi connectivity index (χ1) is 13.0. The average molecular weight is 367 g/mol. The Morgan fingerprint density at radius 3 is 2.44 bits per heavy atom. The number of hydrogen-bond donors (Lipinski definition) is 1. The summed E-state index contributed by atoms with van der Waals surface area (Å²) in [4.78, 5) is 41.2. The Balaban J connectivity index is 1.90. The van der Waals surface area contributed by atoms with Crippen LogP contribution in [-0.2, 0) is 13.1 Å². The SMILES string of the molecule is CN(Cc1ccccc1)C(=O)c1c[nH]c(=O)n(Cc2ccccc2F)c1=O. The van der Waals surface area contributed by atoms with Gasteiger partial charge in [-0.2, -0.15) is 0 Å². The zero-order chi connectivity index (χ0) is 19.4. The lowest BCUT2D eigenvalue weighted by atomic mass is 10.2. The van der Waals surface area contributed by atoms with Crippen molar-refractivity contribution in [3.63, 3.8) is 0 Å². The highest BCUT2D eigenvalue weighted by molar-refractivity contribution is 5.93. The van der Waals surface area contributed by atoms with Crippen LogP contribution in [0.5, 0.6) is 0 Å². The van der Waals surface area contributed by atoms with Gasteiger partial charge in [0.2, 0.25) is 0 Å². The van der Waals surface area contributed by atoms with Gasteiger partial charge in [0, 0.05) is 25.4 Å². The highest BCUT2D eigenvalue weighted by atomic mass is 19.1. The van der Waals surface area contributed by atoms with Crippen LogP contribution in [0, 0.1) is 5.82 Å². The summed E-state index contributed by atoms with van der Waals surface area (Å²) in [6.45, 7) is 0.0515. The van der Waals surface area contributed by atoms with E-state index in [0.29, 0.717) is 6.54 Å². The monoisotopic (exact) mass is 367 g/mol. The Hall–Kier alpha value is -3.48. The smallest absolute Gasteiger partial charge is 0.328 e. The van der Waals surface area contributed by atoms with Gasteiger partial charge in [-0.25, -0.2) is 9.18 Å². The molecule has 0 aliphatic carbocycles. The number of aromatic nitrogens is 2. The van der Waals surface area contributed by atoms with Gasteiger partial charge in [0.25, 0.3) is 11.5 Å². The third kappa shape index (κ3) is 4.03. The molecule has 1 aromatic heterocycles. The van der Waals surface area contributed by atoms with Crippen LogP contribution in [-0.4, -0.2) is 27.4 Å². The Labute approximate surface area is 154 Å². The first kappa shape index (κ1) is 18.3. The van der Waals surface area contributed by atoms with Crippen molar-refractivity contribution in [2.75, 3.05) is 7.05 Å². The Morgan fingerprint density at radius 1 is 1.07 bits per heavy atom. The summed E-state index contributed by atoms with van der Waals surface area (Å²) in [7, 11) is 1.57. The van der Waals surface area contributed by atoms with Gasteiger partial charge in [0.05, 0.1) is 6.54 Å². The molecule has 1 N–H and O–H groups in total. The molecule has 0 fully saturated rings. The number of nitrogens with one attached hydrogen (secondary N) is 1. The molecule has 1 amide bonds. The summed E-state index contributed by atoms with van der Waals surface area (Å²) < 4.78 is 14.7. The van der Waals surface area contributed by atoms with Gasteiger partial charge >= 0.3 is 5.69 Å². The number of carbonyl (C=O) groups is 1. The summed E-state index contributed by atoms with van der Waals surface area (Å²) in [6, 6.07) is 15.2. The van der Waals surface area contributed by atoms with Crippen molar-refractivity contribution >= 4 is 5.91 Å². The molecule has 0 aliphatic heterocycles. The summed E-state index contributed by atoms with van der Waals surface area (Å²) >= 11 is 0. The van der Waals surface area contributed by atoms with Crippen LogP contribution < -0.4 is 11.2 Å². The predicted octanol–water partition coefficient (Wildman–Crippen LogP) is 2.00. The van der Waals surface area contributed by atoms with E-state index < -0.39 is 23.0 Å². The van der Waals surface area contributed by atoms with Crippen molar-refractivity contribution in [2.24, 2.45) is 0 Å². The molecule has 6 nitrogen and oxygen atoms in total. The van der Waals surface area contributed by atoms with Crippen molar-refractivity contribution in [1.82, 2.24) is 14.5 Å². The molecule has 3 rings (SSSR count). The van der Waals surface area contributed by atoms with Crippen LogP contribution in [0.25, 0.3) is 0 Å². The molecule has 0 atom stereocenters. The molecule has 0 saturated carbocycles. The standard InChI is InChI=1S/C20H18FN3O3/c1-23(12-14-7-3-2-4-8-14)18(25)16-11-22-20(27)24(19(16)26)13-15-9-5-6-10-17(15)21/h2-11H,12-13H2,1H3,(H,22,27). The van der Waals surface area contributed by atoms with E-state index >= 15 is 0 Å². The van der Waals surface area contributed by atoms with Gasteiger partial charge < -0.3 is 9.88 Å². The summed E-state index contributed by atoms with van der Waals surface area (Å²) in [6.07, 6.45) is 1.10. The summed E-state index contributed by atoms with van der Waals surface area (Å²) in [5.41, 5.74) is -0.543. The zero-order valence-corrected chi connectivity index (χ0v) is 14.7. The molecular formula is C20H18FN3O3. The van der Waals surface area contributed by atoms with E-state index in [-0.39, 0.29) is 17.7 Å². The predicted molar refractivity (Wildman–Crippen MR) is 99.1 cm³/mol. The van der Waals surface area contributed by atoms with Gasteiger partial charge in [-0.05, 0) is 11.6 Å². The van der Waals surface area contributed by atoms with Crippen molar-refractivity contribution < 1.29 is 9.18 Å². The van der Waals surface area contributed by atoms with Crippen molar-refractivity contribution in [2.45, 2.75) is 13.1 Å². The first-order valence-corrected chi connectivity index (χ1v) is 8.32. The molecule has 0 bridgehead atoms. The van der Waals surface area contributed by atoms with E-state index in [1.165, 1.54) is 23.1 Å². The van der Waals surface area contributed by atoms with Crippen LogP contribution >= 0.6 is 0 Å². The first-order valence-electron chi connectivity index (χ1n) is 8.32. The molecular weight excluding hydrogens is 349 g/mol. The highest BCUT2D eigenvalue weighted by Gasteiger charge is 2.19. The highest BCUT2D eigenvalue weighted by Crippen LogP contribution is 2.08. The normalized spacial score (nSPS) is 10.6. The number of amides is 1. The number of nitrogens with zero attached hydrogens (tertiary/aromatic N) is 2. The molecule has 27 heavy (non-hydrogen) atoms. The number of carbonyl (C=O) groups excluding carboxylic acids is 1. The maximum absolute atomic E-state index is 13.9. The van der Waals surface area contributed by atoms with Crippen LogP contribution in [0.15, 0.2) is 70.4 Å². The quantitative estimate of drug-likeness (QED) is 0.749. The van der Waals surface area contributed by atoms with Gasteiger partial charge in [-0.1, -0.05) is 48.5 Å². The Kier molecular flexibility index (Phi) is 5.30. The molecule has 7 heteroatoms. The molecule has 3 aromatic rings. The summed E-state index contributed by atoms with van der Waals surface area (Å²) in [5.74, 6) is -1.05. The fourth-order valence-electron chi connectivity index (χ4n) is 2.74. The van der Waals surface area contributed by atoms with Crippen molar-refractivity contribution in [3.8, 4) is 0 Å². The second kappa shape index (κ2) is 7.82. The van der Waals surface area contributed by atoms with Crippen LogP contribution in [0.4, 0.5) is 4.39 Å².